The Kier molecular flexibility index (Phi) is 5.73. The highest BCUT2D eigenvalue weighted by Crippen LogP contribution is 2.14. The molecular weight excluding hydrogens is 304 g/mol. The maximum atomic E-state index is 11.7. The van der Waals surface area contributed by atoms with E-state index >= 15 is 0 Å². The van der Waals surface area contributed by atoms with Crippen molar-refractivity contribution in [2.24, 2.45) is 0 Å². The molecule has 0 bridgehead atoms. The maximum Gasteiger partial charge on any atom is 0.225 e. The summed E-state index contributed by atoms with van der Waals surface area (Å²) in [5.41, 5.74) is 5.98. The van der Waals surface area contributed by atoms with E-state index in [2.05, 4.69) is 10.3 Å². The van der Waals surface area contributed by atoms with Gasteiger partial charge in [0.15, 0.2) is 0 Å². The van der Waals surface area contributed by atoms with Crippen LogP contribution in [0, 0.1) is 0 Å². The number of pyridine rings is 1. The number of carbonyl (C=O) groups excluding carboxylic acids is 1. The van der Waals surface area contributed by atoms with Crippen molar-refractivity contribution >= 4 is 39.8 Å². The molecule has 0 atom stereocenters. The molecule has 0 aliphatic carbocycles. The fourth-order valence-corrected chi connectivity index (χ4v) is 3.40. The number of nitrogens with zero attached hydrogens (tertiary/aromatic N) is 2. The highest BCUT2D eigenvalue weighted by atomic mass is 35.5. The van der Waals surface area contributed by atoms with Crippen LogP contribution in [-0.4, -0.2) is 42.5 Å². The summed E-state index contributed by atoms with van der Waals surface area (Å²) >= 11 is 0. The lowest BCUT2D eigenvalue weighted by molar-refractivity contribution is -0.116. The van der Waals surface area contributed by atoms with Crippen molar-refractivity contribution in [3.8, 4) is 0 Å². The van der Waals surface area contributed by atoms with Gasteiger partial charge in [-0.1, -0.05) is 0 Å². The Balaban J connectivity index is 0.00000200. The minimum Gasteiger partial charge on any atom is -0.384 e. The topological polar surface area (TPSA) is 105 Å². The Hall–Kier alpha value is -1.38. The van der Waals surface area contributed by atoms with E-state index in [0.717, 1.165) is 0 Å². The molecule has 1 aliphatic heterocycles. The molecule has 1 aliphatic rings. The summed E-state index contributed by atoms with van der Waals surface area (Å²) in [5, 5.41) is 2.64. The van der Waals surface area contributed by atoms with Gasteiger partial charge in [-0.25, -0.2) is 17.7 Å². The van der Waals surface area contributed by atoms with Gasteiger partial charge in [-0.15, -0.1) is 12.4 Å². The Bertz CT molecular complexity index is 562. The SMILES string of the molecule is Cl.Nc1ccc(NC(=O)CCN2CCCS2(=O)=O)cn1. The molecule has 0 aromatic carbocycles. The number of rotatable bonds is 4. The van der Waals surface area contributed by atoms with Gasteiger partial charge in [-0.05, 0) is 18.6 Å². The molecule has 0 radical (unpaired) electrons. The van der Waals surface area contributed by atoms with E-state index in [4.69, 9.17) is 5.73 Å². The van der Waals surface area contributed by atoms with E-state index in [1.807, 2.05) is 0 Å². The predicted molar refractivity (Wildman–Crippen MR) is 79.1 cm³/mol. The normalized spacial score (nSPS) is 17.4. The quantitative estimate of drug-likeness (QED) is 0.838. The predicted octanol–water partition coefficient (Wildman–Crippen LogP) is 0.450. The molecule has 2 heterocycles. The molecule has 1 amide bonds. The van der Waals surface area contributed by atoms with Gasteiger partial charge in [0.2, 0.25) is 15.9 Å². The van der Waals surface area contributed by atoms with Crippen LogP contribution in [0.5, 0.6) is 0 Å². The number of amides is 1. The lowest BCUT2D eigenvalue weighted by atomic mass is 10.3. The van der Waals surface area contributed by atoms with Gasteiger partial charge in [-0.3, -0.25) is 4.79 Å². The van der Waals surface area contributed by atoms with Gasteiger partial charge in [0.05, 0.1) is 17.6 Å². The van der Waals surface area contributed by atoms with Crippen molar-refractivity contribution in [1.82, 2.24) is 9.29 Å². The molecule has 1 aromatic rings. The van der Waals surface area contributed by atoms with Gasteiger partial charge in [0, 0.05) is 19.5 Å². The maximum absolute atomic E-state index is 11.7. The second kappa shape index (κ2) is 6.87. The molecule has 20 heavy (non-hydrogen) atoms. The average molecular weight is 321 g/mol. The van der Waals surface area contributed by atoms with Crippen LogP contribution in [0.1, 0.15) is 12.8 Å². The minimum absolute atomic E-state index is 0. The van der Waals surface area contributed by atoms with Crippen molar-refractivity contribution in [3.05, 3.63) is 18.3 Å². The summed E-state index contributed by atoms with van der Waals surface area (Å²) in [4.78, 5) is 15.5. The second-order valence-electron chi connectivity index (χ2n) is 4.34. The van der Waals surface area contributed by atoms with E-state index in [0.29, 0.717) is 24.5 Å². The van der Waals surface area contributed by atoms with Crippen LogP contribution in [0.2, 0.25) is 0 Å². The fourth-order valence-electron chi connectivity index (χ4n) is 1.87. The van der Waals surface area contributed by atoms with Crippen molar-refractivity contribution in [2.75, 3.05) is 29.9 Å². The lowest BCUT2D eigenvalue weighted by Crippen LogP contribution is -2.29. The third-order valence-electron chi connectivity index (χ3n) is 2.86. The summed E-state index contributed by atoms with van der Waals surface area (Å²) in [6.07, 6.45) is 2.22. The highest BCUT2D eigenvalue weighted by Gasteiger charge is 2.28. The Morgan fingerprint density at radius 3 is 2.75 bits per heavy atom. The molecule has 0 unspecified atom stereocenters. The number of nitrogen functional groups attached to an aromatic ring is 1. The molecule has 0 spiro atoms. The zero-order valence-corrected chi connectivity index (χ0v) is 12.4. The van der Waals surface area contributed by atoms with E-state index in [9.17, 15) is 13.2 Å². The van der Waals surface area contributed by atoms with Gasteiger partial charge in [0.25, 0.3) is 0 Å². The molecule has 1 saturated heterocycles. The molecule has 7 nitrogen and oxygen atoms in total. The molecule has 9 heteroatoms. The summed E-state index contributed by atoms with van der Waals surface area (Å²) in [7, 11) is -3.14. The number of halogens is 1. The van der Waals surface area contributed by atoms with Crippen molar-refractivity contribution in [1.29, 1.82) is 0 Å². The van der Waals surface area contributed by atoms with Crippen LogP contribution in [0.4, 0.5) is 11.5 Å². The molecule has 3 N–H and O–H groups in total. The van der Waals surface area contributed by atoms with E-state index in [1.165, 1.54) is 10.5 Å². The monoisotopic (exact) mass is 320 g/mol. The van der Waals surface area contributed by atoms with Crippen LogP contribution in [-0.2, 0) is 14.8 Å². The van der Waals surface area contributed by atoms with Crippen molar-refractivity contribution in [3.63, 3.8) is 0 Å². The zero-order valence-electron chi connectivity index (χ0n) is 10.8. The third-order valence-corrected chi connectivity index (χ3v) is 4.82. The van der Waals surface area contributed by atoms with E-state index in [1.54, 1.807) is 12.1 Å². The number of sulfonamides is 1. The largest absolute Gasteiger partial charge is 0.384 e. The number of anilines is 2. The fraction of sp³-hybridized carbons (Fsp3) is 0.455. The smallest absolute Gasteiger partial charge is 0.225 e. The third kappa shape index (κ3) is 4.32. The first-order valence-corrected chi connectivity index (χ1v) is 7.57. The summed E-state index contributed by atoms with van der Waals surface area (Å²) in [5.74, 6) is 0.311. The molecule has 1 fully saturated rings. The first-order chi connectivity index (χ1) is 8.97. The van der Waals surface area contributed by atoms with Gasteiger partial charge < -0.3 is 11.1 Å². The van der Waals surface area contributed by atoms with Crippen LogP contribution in [0.25, 0.3) is 0 Å². The molecular formula is C11H17ClN4O3S. The standard InChI is InChI=1S/C11H16N4O3S.ClH/c12-10-3-2-9(8-13-10)14-11(16)4-6-15-5-1-7-19(15,17)18;/h2-3,8H,1,4-7H2,(H2,12,13)(H,14,16);1H. The number of aromatic nitrogens is 1. The zero-order chi connectivity index (χ0) is 13.9. The summed E-state index contributed by atoms with van der Waals surface area (Å²) in [6, 6.07) is 3.23. The van der Waals surface area contributed by atoms with Crippen LogP contribution in [0.15, 0.2) is 18.3 Å². The number of hydrogen-bond donors (Lipinski definition) is 2. The van der Waals surface area contributed by atoms with E-state index in [-0.39, 0.29) is 37.0 Å². The summed E-state index contributed by atoms with van der Waals surface area (Å²) < 4.78 is 24.4. The second-order valence-corrected chi connectivity index (χ2v) is 6.43. The highest BCUT2D eigenvalue weighted by molar-refractivity contribution is 7.89. The van der Waals surface area contributed by atoms with Crippen molar-refractivity contribution < 1.29 is 13.2 Å². The molecule has 112 valence electrons. The van der Waals surface area contributed by atoms with Crippen LogP contribution < -0.4 is 11.1 Å². The van der Waals surface area contributed by atoms with Gasteiger partial charge in [0.1, 0.15) is 5.82 Å². The average Bonchev–Trinajstić information content (AvgIpc) is 2.69. The van der Waals surface area contributed by atoms with Crippen LogP contribution in [0.3, 0.4) is 0 Å². The Morgan fingerprint density at radius 2 is 2.20 bits per heavy atom. The first-order valence-electron chi connectivity index (χ1n) is 5.96. The Labute approximate surface area is 124 Å². The molecule has 0 saturated carbocycles. The summed E-state index contributed by atoms with van der Waals surface area (Å²) in [6.45, 7) is 0.718. The number of nitrogens with two attached hydrogens (primary N) is 1. The lowest BCUT2D eigenvalue weighted by Gasteiger charge is -2.13. The minimum atomic E-state index is -3.14. The molecule has 2 rings (SSSR count). The number of carbonyl (C=O) groups is 1. The van der Waals surface area contributed by atoms with Gasteiger partial charge >= 0.3 is 0 Å². The van der Waals surface area contributed by atoms with Crippen molar-refractivity contribution in [2.45, 2.75) is 12.8 Å². The van der Waals surface area contributed by atoms with E-state index < -0.39 is 10.0 Å². The Morgan fingerprint density at radius 1 is 1.45 bits per heavy atom. The first kappa shape index (κ1) is 16.7. The number of nitrogens with one attached hydrogen (secondary N) is 1. The van der Waals surface area contributed by atoms with Gasteiger partial charge in [-0.2, -0.15) is 0 Å². The van der Waals surface area contributed by atoms with Crippen LogP contribution >= 0.6 is 12.4 Å². The molecule has 1 aromatic heterocycles. The number of hydrogen-bond acceptors (Lipinski definition) is 5.